The van der Waals surface area contributed by atoms with Crippen molar-refractivity contribution in [2.24, 2.45) is 11.8 Å². The van der Waals surface area contributed by atoms with Crippen LogP contribution in [0.4, 0.5) is 0 Å². The fourth-order valence-electron chi connectivity index (χ4n) is 1.70. The van der Waals surface area contributed by atoms with Gasteiger partial charge in [-0.3, -0.25) is 0 Å². The molecule has 0 aromatic rings. The normalized spacial score (nSPS) is 19.9. The van der Waals surface area contributed by atoms with Crippen molar-refractivity contribution in [2.75, 3.05) is 0 Å². The summed E-state index contributed by atoms with van der Waals surface area (Å²) < 4.78 is 0. The fourth-order valence-corrected chi connectivity index (χ4v) is 1.70. The van der Waals surface area contributed by atoms with E-state index in [9.17, 15) is 20.4 Å². The van der Waals surface area contributed by atoms with Crippen LogP contribution < -0.4 is 0 Å². The lowest BCUT2D eigenvalue weighted by Gasteiger charge is -2.28. The summed E-state index contributed by atoms with van der Waals surface area (Å²) in [6, 6.07) is 0. The Labute approximate surface area is 97.9 Å². The molecule has 0 spiro atoms. The maximum Gasteiger partial charge on any atom is 0.108 e. The molecular weight excluding hydrogens is 208 g/mol. The van der Waals surface area contributed by atoms with E-state index in [-0.39, 0.29) is 11.8 Å². The molecule has 0 heterocycles. The van der Waals surface area contributed by atoms with E-state index in [0.29, 0.717) is 12.8 Å². The van der Waals surface area contributed by atoms with E-state index >= 15 is 0 Å². The second-order valence-electron chi connectivity index (χ2n) is 5.37. The Bertz CT molecular complexity index is 162. The zero-order valence-electron chi connectivity index (χ0n) is 10.7. The summed E-state index contributed by atoms with van der Waals surface area (Å²) in [5.41, 5.74) is 0. The fraction of sp³-hybridized carbons (Fsp3) is 1.00. The van der Waals surface area contributed by atoms with E-state index in [4.69, 9.17) is 0 Å². The lowest BCUT2D eigenvalue weighted by Crippen LogP contribution is -2.45. The SMILES string of the molecule is CC(C)C[C@@H](O)[C@@H](O)[C@H](O)[C@H](O)CC(C)C. The van der Waals surface area contributed by atoms with E-state index in [1.54, 1.807) is 0 Å². The highest BCUT2D eigenvalue weighted by Crippen LogP contribution is 2.16. The molecule has 16 heavy (non-hydrogen) atoms. The van der Waals surface area contributed by atoms with Gasteiger partial charge in [0, 0.05) is 0 Å². The highest BCUT2D eigenvalue weighted by molar-refractivity contribution is 4.81. The van der Waals surface area contributed by atoms with Crippen LogP contribution in [0.5, 0.6) is 0 Å². The van der Waals surface area contributed by atoms with Crippen molar-refractivity contribution in [3.63, 3.8) is 0 Å². The first-order valence-electron chi connectivity index (χ1n) is 5.98. The minimum Gasteiger partial charge on any atom is -0.390 e. The standard InChI is InChI=1S/C12H26O4/c1-7(2)5-9(13)11(15)12(16)10(14)6-8(3)4/h7-16H,5-6H2,1-4H3/t9-,10-,11-,12-/m1/s1. The molecule has 0 radical (unpaired) electrons. The van der Waals surface area contributed by atoms with Gasteiger partial charge in [-0.1, -0.05) is 27.7 Å². The number of hydrogen-bond acceptors (Lipinski definition) is 4. The van der Waals surface area contributed by atoms with Crippen molar-refractivity contribution < 1.29 is 20.4 Å². The van der Waals surface area contributed by atoms with Gasteiger partial charge in [-0.05, 0) is 24.7 Å². The molecule has 0 rings (SSSR count). The predicted octanol–water partition coefficient (Wildman–Crippen LogP) is 0.522. The van der Waals surface area contributed by atoms with Crippen molar-refractivity contribution >= 4 is 0 Å². The first kappa shape index (κ1) is 15.8. The van der Waals surface area contributed by atoms with Crippen LogP contribution in [0, 0.1) is 11.8 Å². The van der Waals surface area contributed by atoms with Crippen LogP contribution in [-0.2, 0) is 0 Å². The second kappa shape index (κ2) is 7.22. The third-order valence-corrected chi connectivity index (χ3v) is 2.56. The van der Waals surface area contributed by atoms with Crippen LogP contribution in [0.1, 0.15) is 40.5 Å². The Morgan fingerprint density at radius 1 is 0.625 bits per heavy atom. The lowest BCUT2D eigenvalue weighted by molar-refractivity contribution is -0.112. The Balaban J connectivity index is 4.19. The number of rotatable bonds is 7. The average Bonchev–Trinajstić information content (AvgIpc) is 2.13. The molecule has 4 atom stereocenters. The molecule has 0 saturated carbocycles. The molecule has 0 amide bonds. The molecule has 0 aliphatic heterocycles. The van der Waals surface area contributed by atoms with Crippen LogP contribution in [-0.4, -0.2) is 44.8 Å². The molecule has 0 aromatic heterocycles. The largest absolute Gasteiger partial charge is 0.390 e. The summed E-state index contributed by atoms with van der Waals surface area (Å²) in [5, 5.41) is 38.6. The first-order valence-corrected chi connectivity index (χ1v) is 5.98. The van der Waals surface area contributed by atoms with Gasteiger partial charge in [0.2, 0.25) is 0 Å². The molecule has 0 bridgehead atoms. The molecule has 4 N–H and O–H groups in total. The van der Waals surface area contributed by atoms with Gasteiger partial charge in [0.05, 0.1) is 12.2 Å². The summed E-state index contributed by atoms with van der Waals surface area (Å²) in [7, 11) is 0. The summed E-state index contributed by atoms with van der Waals surface area (Å²) >= 11 is 0. The summed E-state index contributed by atoms with van der Waals surface area (Å²) in [6.45, 7) is 7.69. The number of hydrogen-bond donors (Lipinski definition) is 4. The molecular formula is C12H26O4. The maximum atomic E-state index is 9.66. The van der Waals surface area contributed by atoms with E-state index in [0.717, 1.165) is 0 Å². The van der Waals surface area contributed by atoms with Gasteiger partial charge in [0.15, 0.2) is 0 Å². The number of aliphatic hydroxyl groups is 4. The smallest absolute Gasteiger partial charge is 0.108 e. The highest BCUT2D eigenvalue weighted by atomic mass is 16.4. The summed E-state index contributed by atoms with van der Waals surface area (Å²) in [4.78, 5) is 0. The second-order valence-corrected chi connectivity index (χ2v) is 5.37. The van der Waals surface area contributed by atoms with Crippen molar-refractivity contribution in [1.29, 1.82) is 0 Å². The van der Waals surface area contributed by atoms with Gasteiger partial charge >= 0.3 is 0 Å². The van der Waals surface area contributed by atoms with Gasteiger partial charge in [-0.25, -0.2) is 0 Å². The zero-order valence-corrected chi connectivity index (χ0v) is 10.7. The van der Waals surface area contributed by atoms with Crippen molar-refractivity contribution in [3.05, 3.63) is 0 Å². The van der Waals surface area contributed by atoms with E-state index < -0.39 is 24.4 Å². The molecule has 0 saturated heterocycles. The maximum absolute atomic E-state index is 9.66. The van der Waals surface area contributed by atoms with Crippen LogP contribution in [0.25, 0.3) is 0 Å². The minimum atomic E-state index is -1.28. The first-order chi connectivity index (χ1) is 7.25. The minimum absolute atomic E-state index is 0.235. The van der Waals surface area contributed by atoms with Gasteiger partial charge in [0.1, 0.15) is 12.2 Å². The van der Waals surface area contributed by atoms with E-state index in [1.807, 2.05) is 27.7 Å². The molecule has 0 aromatic carbocycles. The Kier molecular flexibility index (Phi) is 7.15. The van der Waals surface area contributed by atoms with Crippen LogP contribution >= 0.6 is 0 Å². The molecule has 4 heteroatoms. The monoisotopic (exact) mass is 234 g/mol. The van der Waals surface area contributed by atoms with Crippen molar-refractivity contribution in [3.8, 4) is 0 Å². The van der Waals surface area contributed by atoms with Crippen LogP contribution in [0.2, 0.25) is 0 Å². The summed E-state index contributed by atoms with van der Waals surface area (Å²) in [5.74, 6) is 0.471. The van der Waals surface area contributed by atoms with Crippen LogP contribution in [0.3, 0.4) is 0 Å². The summed E-state index contributed by atoms with van der Waals surface area (Å²) in [6.07, 6.45) is -3.72. The van der Waals surface area contributed by atoms with Gasteiger partial charge in [-0.2, -0.15) is 0 Å². The molecule has 98 valence electrons. The van der Waals surface area contributed by atoms with Crippen molar-refractivity contribution in [1.82, 2.24) is 0 Å². The molecule has 0 fully saturated rings. The Morgan fingerprint density at radius 2 is 0.875 bits per heavy atom. The number of aliphatic hydroxyl groups excluding tert-OH is 4. The predicted molar refractivity (Wildman–Crippen MR) is 62.9 cm³/mol. The molecule has 0 unspecified atom stereocenters. The molecule has 4 nitrogen and oxygen atoms in total. The zero-order chi connectivity index (χ0) is 12.9. The Morgan fingerprint density at radius 3 is 1.06 bits per heavy atom. The van der Waals surface area contributed by atoms with Gasteiger partial charge < -0.3 is 20.4 Å². The van der Waals surface area contributed by atoms with Crippen LogP contribution in [0.15, 0.2) is 0 Å². The van der Waals surface area contributed by atoms with Gasteiger partial charge in [0.25, 0.3) is 0 Å². The lowest BCUT2D eigenvalue weighted by atomic mass is 9.93. The third-order valence-electron chi connectivity index (χ3n) is 2.56. The molecule has 0 aliphatic carbocycles. The van der Waals surface area contributed by atoms with E-state index in [1.165, 1.54) is 0 Å². The van der Waals surface area contributed by atoms with Crippen molar-refractivity contribution in [2.45, 2.75) is 65.0 Å². The topological polar surface area (TPSA) is 80.9 Å². The molecule has 0 aliphatic rings. The quantitative estimate of drug-likeness (QED) is 0.518. The van der Waals surface area contributed by atoms with Gasteiger partial charge in [-0.15, -0.1) is 0 Å². The van der Waals surface area contributed by atoms with E-state index in [2.05, 4.69) is 0 Å². The average molecular weight is 234 g/mol. The third kappa shape index (κ3) is 5.80. The Hall–Kier alpha value is -0.160. The highest BCUT2D eigenvalue weighted by Gasteiger charge is 2.30.